The number of phenols is 1. The van der Waals surface area contributed by atoms with E-state index in [1.807, 2.05) is 12.1 Å². The number of rotatable bonds is 5. The molecular formula is C17H22O2. The van der Waals surface area contributed by atoms with Crippen molar-refractivity contribution in [2.75, 3.05) is 6.61 Å². The lowest BCUT2D eigenvalue weighted by molar-refractivity contribution is 0.0661. The number of phenolic OH excluding ortho intramolecular Hbond substituents is 1. The largest absolute Gasteiger partial charge is 0.508 e. The van der Waals surface area contributed by atoms with E-state index < -0.39 is 0 Å². The molecule has 0 spiro atoms. The Labute approximate surface area is 115 Å². The molecule has 1 N–H and O–H groups in total. The van der Waals surface area contributed by atoms with Crippen LogP contribution in [0.1, 0.15) is 25.8 Å². The summed E-state index contributed by atoms with van der Waals surface area (Å²) >= 11 is 0. The Kier molecular flexibility index (Phi) is 4.80. The highest BCUT2D eigenvalue weighted by molar-refractivity contribution is 5.33. The fourth-order valence-corrected chi connectivity index (χ4v) is 2.07. The Morgan fingerprint density at radius 3 is 2.58 bits per heavy atom. The van der Waals surface area contributed by atoms with Gasteiger partial charge in [-0.2, -0.15) is 0 Å². The van der Waals surface area contributed by atoms with Crippen molar-refractivity contribution in [3.63, 3.8) is 0 Å². The highest BCUT2D eigenvalue weighted by Gasteiger charge is 2.10. The Morgan fingerprint density at radius 2 is 2.00 bits per heavy atom. The van der Waals surface area contributed by atoms with Gasteiger partial charge >= 0.3 is 0 Å². The first kappa shape index (κ1) is 13.9. The molecule has 0 bridgehead atoms. The van der Waals surface area contributed by atoms with E-state index in [0.717, 1.165) is 19.4 Å². The maximum atomic E-state index is 9.26. The molecule has 1 unspecified atom stereocenters. The van der Waals surface area contributed by atoms with Crippen molar-refractivity contribution in [3.8, 4) is 5.75 Å². The maximum Gasteiger partial charge on any atom is 0.115 e. The van der Waals surface area contributed by atoms with Gasteiger partial charge in [-0.15, -0.1) is 0 Å². The smallest absolute Gasteiger partial charge is 0.115 e. The number of allylic oxidation sites excluding steroid dienone is 2. The van der Waals surface area contributed by atoms with Crippen LogP contribution in [0.25, 0.3) is 0 Å². The van der Waals surface area contributed by atoms with Crippen LogP contribution in [0.2, 0.25) is 0 Å². The molecule has 0 saturated carbocycles. The number of aromatic hydroxyl groups is 1. The first-order valence-electron chi connectivity index (χ1n) is 6.90. The fraction of sp³-hybridized carbons (Fsp3) is 0.412. The molecule has 1 aromatic carbocycles. The second kappa shape index (κ2) is 6.58. The summed E-state index contributed by atoms with van der Waals surface area (Å²) in [6, 6.07) is 7.39. The molecule has 2 rings (SSSR count). The Bertz CT molecular complexity index is 455. The molecule has 1 aliphatic carbocycles. The summed E-state index contributed by atoms with van der Waals surface area (Å²) in [5.74, 6) is 0.898. The number of benzene rings is 1. The van der Waals surface area contributed by atoms with Crippen molar-refractivity contribution in [3.05, 3.63) is 53.6 Å². The normalized spacial score (nSPS) is 18.7. The molecule has 102 valence electrons. The molecule has 19 heavy (non-hydrogen) atoms. The average Bonchev–Trinajstić information content (AvgIpc) is 2.40. The van der Waals surface area contributed by atoms with Gasteiger partial charge in [-0.25, -0.2) is 0 Å². The van der Waals surface area contributed by atoms with Gasteiger partial charge in [-0.3, -0.25) is 0 Å². The first-order chi connectivity index (χ1) is 9.13. The van der Waals surface area contributed by atoms with E-state index in [-0.39, 0.29) is 6.10 Å². The maximum absolute atomic E-state index is 9.26. The van der Waals surface area contributed by atoms with Gasteiger partial charge in [0.05, 0.1) is 6.10 Å². The van der Waals surface area contributed by atoms with Crippen LogP contribution in [0.3, 0.4) is 0 Å². The van der Waals surface area contributed by atoms with E-state index in [1.54, 1.807) is 12.1 Å². The monoisotopic (exact) mass is 258 g/mol. The van der Waals surface area contributed by atoms with E-state index in [9.17, 15) is 5.11 Å². The van der Waals surface area contributed by atoms with Crippen LogP contribution in [-0.2, 0) is 11.2 Å². The number of ether oxygens (including phenoxy) is 1. The molecule has 2 nitrogen and oxygen atoms in total. The second-order valence-electron chi connectivity index (χ2n) is 5.48. The minimum absolute atomic E-state index is 0.228. The molecular weight excluding hydrogens is 236 g/mol. The van der Waals surface area contributed by atoms with Gasteiger partial charge in [-0.05, 0) is 42.0 Å². The summed E-state index contributed by atoms with van der Waals surface area (Å²) in [6.45, 7) is 5.15. The van der Waals surface area contributed by atoms with Crippen molar-refractivity contribution in [2.45, 2.75) is 32.8 Å². The summed E-state index contributed by atoms with van der Waals surface area (Å²) in [7, 11) is 0. The topological polar surface area (TPSA) is 29.5 Å². The molecule has 2 heteroatoms. The third kappa shape index (κ3) is 4.56. The van der Waals surface area contributed by atoms with Gasteiger partial charge in [0.2, 0.25) is 0 Å². The minimum atomic E-state index is 0.228. The Balaban J connectivity index is 1.84. The van der Waals surface area contributed by atoms with E-state index in [1.165, 1.54) is 11.1 Å². The van der Waals surface area contributed by atoms with Crippen molar-refractivity contribution in [2.24, 2.45) is 5.92 Å². The van der Waals surface area contributed by atoms with Crippen LogP contribution < -0.4 is 0 Å². The zero-order valence-electron chi connectivity index (χ0n) is 11.7. The molecule has 0 amide bonds. The zero-order chi connectivity index (χ0) is 13.7. The fourth-order valence-electron chi connectivity index (χ4n) is 2.07. The Morgan fingerprint density at radius 1 is 1.26 bits per heavy atom. The molecule has 1 atom stereocenters. The third-order valence-corrected chi connectivity index (χ3v) is 3.13. The highest BCUT2D eigenvalue weighted by Crippen LogP contribution is 2.19. The van der Waals surface area contributed by atoms with E-state index >= 15 is 0 Å². The molecule has 0 aromatic heterocycles. The van der Waals surface area contributed by atoms with Crippen LogP contribution in [0.5, 0.6) is 5.75 Å². The van der Waals surface area contributed by atoms with Gasteiger partial charge in [0.25, 0.3) is 0 Å². The third-order valence-electron chi connectivity index (χ3n) is 3.13. The van der Waals surface area contributed by atoms with Gasteiger partial charge in [0, 0.05) is 6.61 Å². The van der Waals surface area contributed by atoms with Gasteiger partial charge in [-0.1, -0.05) is 44.2 Å². The zero-order valence-corrected chi connectivity index (χ0v) is 11.7. The van der Waals surface area contributed by atoms with Gasteiger partial charge in [0.1, 0.15) is 5.75 Å². The van der Waals surface area contributed by atoms with Crippen molar-refractivity contribution in [1.29, 1.82) is 0 Å². The second-order valence-corrected chi connectivity index (χ2v) is 5.48. The van der Waals surface area contributed by atoms with Gasteiger partial charge < -0.3 is 9.84 Å². The predicted octanol–water partition coefficient (Wildman–Crippen LogP) is 3.86. The quantitative estimate of drug-likeness (QED) is 0.869. The Hall–Kier alpha value is -1.54. The predicted molar refractivity (Wildman–Crippen MR) is 78.2 cm³/mol. The van der Waals surface area contributed by atoms with Crippen molar-refractivity contribution >= 4 is 0 Å². The lowest BCUT2D eigenvalue weighted by atomic mass is 9.98. The van der Waals surface area contributed by atoms with Gasteiger partial charge in [0.15, 0.2) is 0 Å². The molecule has 0 saturated heterocycles. The van der Waals surface area contributed by atoms with Crippen LogP contribution in [0.4, 0.5) is 0 Å². The molecule has 0 radical (unpaired) electrons. The molecule has 0 fully saturated rings. The summed E-state index contributed by atoms with van der Waals surface area (Å²) < 4.78 is 5.79. The molecule has 1 aliphatic rings. The van der Waals surface area contributed by atoms with E-state index in [0.29, 0.717) is 11.7 Å². The highest BCUT2D eigenvalue weighted by atomic mass is 16.5. The molecule has 0 aliphatic heterocycles. The van der Waals surface area contributed by atoms with Crippen molar-refractivity contribution in [1.82, 2.24) is 0 Å². The summed E-state index contributed by atoms with van der Waals surface area (Å²) in [4.78, 5) is 0. The molecule has 0 heterocycles. The SMILES string of the molecule is CC(C)COC1C=CC(Cc2ccc(O)cc2)=CC1. The van der Waals surface area contributed by atoms with Crippen LogP contribution >= 0.6 is 0 Å². The number of hydrogen-bond acceptors (Lipinski definition) is 2. The standard InChI is InChI=1S/C17H22O2/c1-13(2)12-19-17-9-5-15(6-10-17)11-14-3-7-16(18)8-4-14/h3-9,13,17-18H,10-12H2,1-2H3. The minimum Gasteiger partial charge on any atom is -0.508 e. The van der Waals surface area contributed by atoms with E-state index in [4.69, 9.17) is 4.74 Å². The number of hydrogen-bond donors (Lipinski definition) is 1. The van der Waals surface area contributed by atoms with Crippen LogP contribution in [-0.4, -0.2) is 17.8 Å². The van der Waals surface area contributed by atoms with E-state index in [2.05, 4.69) is 32.1 Å². The molecule has 1 aromatic rings. The summed E-state index contributed by atoms with van der Waals surface area (Å²) in [6.07, 6.45) is 8.65. The average molecular weight is 258 g/mol. The summed E-state index contributed by atoms with van der Waals surface area (Å²) in [5, 5.41) is 9.26. The van der Waals surface area contributed by atoms with Crippen molar-refractivity contribution < 1.29 is 9.84 Å². The first-order valence-corrected chi connectivity index (χ1v) is 6.90. The lowest BCUT2D eigenvalue weighted by Gasteiger charge is -2.18. The summed E-state index contributed by atoms with van der Waals surface area (Å²) in [5.41, 5.74) is 2.53. The lowest BCUT2D eigenvalue weighted by Crippen LogP contribution is -2.15. The van der Waals surface area contributed by atoms with Crippen LogP contribution in [0.15, 0.2) is 48.1 Å². The van der Waals surface area contributed by atoms with Crippen LogP contribution in [0, 0.1) is 5.92 Å².